The molecule has 8 nitrogen and oxygen atoms in total. The Morgan fingerprint density at radius 2 is 1.44 bits per heavy atom. The molecule has 1 aromatic rings. The molecule has 1 rings (SSSR count). The maximum atomic E-state index is 10.8. The summed E-state index contributed by atoms with van der Waals surface area (Å²) >= 11 is 0. The van der Waals surface area contributed by atoms with Crippen LogP contribution in [0.15, 0.2) is 12.1 Å². The van der Waals surface area contributed by atoms with Crippen LogP contribution in [0.1, 0.15) is 0 Å². The van der Waals surface area contributed by atoms with Crippen molar-refractivity contribution in [3.8, 4) is 11.5 Å². The summed E-state index contributed by atoms with van der Waals surface area (Å²) in [7, 11) is -10.3. The third-order valence-electron chi connectivity index (χ3n) is 1.69. The minimum atomic E-state index is -5.43. The molecule has 0 aliphatic heterocycles. The Morgan fingerprint density at radius 1 is 1.00 bits per heavy atom. The summed E-state index contributed by atoms with van der Waals surface area (Å²) < 4.78 is 21.4. The fraction of sp³-hybridized carbons (Fsp3) is 0. The molecule has 0 unspecified atom stereocenters. The van der Waals surface area contributed by atoms with Crippen molar-refractivity contribution in [3.63, 3.8) is 0 Å². The predicted octanol–water partition coefficient (Wildman–Crippen LogP) is -8.55. The minimum absolute atomic E-state index is 0. The summed E-state index contributed by atoms with van der Waals surface area (Å²) in [5.41, 5.74) is 0. The fourth-order valence-corrected chi connectivity index (χ4v) is 2.33. The van der Waals surface area contributed by atoms with E-state index in [1.165, 1.54) is 0 Å². The van der Waals surface area contributed by atoms with E-state index in [-0.39, 0.29) is 59.1 Å². The molecule has 0 saturated heterocycles. The second-order valence-corrected chi connectivity index (χ2v) is 5.96. The first-order chi connectivity index (χ1) is 7.03. The second kappa shape index (κ2) is 7.22. The smallest absolute Gasteiger partial charge is 0.807 e. The van der Waals surface area contributed by atoms with Crippen LogP contribution >= 0.6 is 15.2 Å². The van der Waals surface area contributed by atoms with E-state index in [4.69, 9.17) is 20.0 Å². The molecule has 0 heterocycles. The molecule has 0 aliphatic rings. The zero-order valence-corrected chi connectivity index (χ0v) is 15.3. The van der Waals surface area contributed by atoms with E-state index in [0.717, 1.165) is 0 Å². The Hall–Kier alpha value is 1.12. The standard InChI is InChI=1S/C6H8O8P2.2Na/c7-4-1-3(15(9,10)11)2-5(6(4)8)16(12,13)14;;/h1-2,7-8H,(H2,9,10,11)(H2,12,13,14);;/q;2*+1/p-2. The first-order valence-electron chi connectivity index (χ1n) is 3.68. The van der Waals surface area contributed by atoms with Gasteiger partial charge in [0.25, 0.3) is 0 Å². The van der Waals surface area contributed by atoms with Crippen LogP contribution in [0.3, 0.4) is 0 Å². The monoisotopic (exact) mass is 314 g/mol. The first-order valence-corrected chi connectivity index (χ1v) is 6.83. The van der Waals surface area contributed by atoms with Gasteiger partial charge in [-0.1, -0.05) is 0 Å². The molecule has 4 N–H and O–H groups in total. The molecule has 0 atom stereocenters. The number of phenolic OH excluding ortho intramolecular Hbond substituents is 2. The van der Waals surface area contributed by atoms with Gasteiger partial charge in [0, 0.05) is 5.30 Å². The SMILES string of the molecule is O=P([O-])([O-])c1cc(P(=O)(O)O)cc(O)c1O.[Na+].[Na+]. The third kappa shape index (κ3) is 5.25. The van der Waals surface area contributed by atoms with Crippen LogP contribution in [-0.2, 0) is 9.13 Å². The number of benzene rings is 1. The largest absolute Gasteiger partial charge is 1.00 e. The van der Waals surface area contributed by atoms with E-state index in [0.29, 0.717) is 12.1 Å². The summed E-state index contributed by atoms with van der Waals surface area (Å²) in [6.07, 6.45) is 0. The van der Waals surface area contributed by atoms with E-state index in [1.54, 1.807) is 0 Å². The van der Waals surface area contributed by atoms with Crippen LogP contribution in [-0.4, -0.2) is 20.0 Å². The van der Waals surface area contributed by atoms with Crippen LogP contribution in [0, 0.1) is 0 Å². The van der Waals surface area contributed by atoms with Crippen molar-refractivity contribution in [2.45, 2.75) is 0 Å². The summed E-state index contributed by atoms with van der Waals surface area (Å²) in [6.45, 7) is 0. The minimum Gasteiger partial charge on any atom is -0.807 e. The van der Waals surface area contributed by atoms with E-state index >= 15 is 0 Å². The van der Waals surface area contributed by atoms with Crippen molar-refractivity contribution in [3.05, 3.63) is 12.1 Å². The Balaban J connectivity index is 0. The molecule has 0 aromatic heterocycles. The molecular weight excluding hydrogens is 308 g/mol. The zero-order valence-electron chi connectivity index (χ0n) is 9.47. The van der Waals surface area contributed by atoms with E-state index < -0.39 is 37.3 Å². The fourth-order valence-electron chi connectivity index (χ4n) is 0.967. The Labute approximate surface area is 146 Å². The van der Waals surface area contributed by atoms with E-state index in [1.807, 2.05) is 0 Å². The number of hydrogen-bond acceptors (Lipinski definition) is 6. The van der Waals surface area contributed by atoms with Gasteiger partial charge in [0.05, 0.1) is 5.30 Å². The Bertz CT molecular complexity index is 521. The molecule has 1 aromatic carbocycles. The Kier molecular flexibility index (Phi) is 8.59. The summed E-state index contributed by atoms with van der Waals surface area (Å²) in [4.78, 5) is 38.7. The van der Waals surface area contributed by atoms with Crippen LogP contribution in [0.5, 0.6) is 11.5 Å². The van der Waals surface area contributed by atoms with Crippen molar-refractivity contribution in [2.75, 3.05) is 0 Å². The molecule has 18 heavy (non-hydrogen) atoms. The Morgan fingerprint density at radius 3 is 1.78 bits per heavy atom. The van der Waals surface area contributed by atoms with E-state index in [9.17, 15) is 18.9 Å². The zero-order chi connectivity index (χ0) is 12.7. The van der Waals surface area contributed by atoms with Crippen LogP contribution in [0.2, 0.25) is 0 Å². The molecule has 0 amide bonds. The predicted molar refractivity (Wildman–Crippen MR) is 48.7 cm³/mol. The molecule has 0 fully saturated rings. The van der Waals surface area contributed by atoms with Gasteiger partial charge in [-0.25, -0.2) is 0 Å². The third-order valence-corrected chi connectivity index (χ3v) is 3.55. The molecule has 90 valence electrons. The summed E-state index contributed by atoms with van der Waals surface area (Å²) in [5.74, 6) is -2.33. The molecule has 0 bridgehead atoms. The molecule has 0 radical (unpaired) electrons. The van der Waals surface area contributed by atoms with E-state index in [2.05, 4.69) is 0 Å². The maximum Gasteiger partial charge on any atom is 1.00 e. The first kappa shape index (κ1) is 21.4. The van der Waals surface area contributed by atoms with Gasteiger partial charge in [-0.15, -0.1) is 0 Å². The van der Waals surface area contributed by atoms with Gasteiger partial charge in [-0.05, 0) is 19.7 Å². The van der Waals surface area contributed by atoms with Gasteiger partial charge in [0.15, 0.2) is 11.5 Å². The average Bonchev–Trinajstić information content (AvgIpc) is 2.05. The van der Waals surface area contributed by atoms with Gasteiger partial charge < -0.3 is 34.4 Å². The van der Waals surface area contributed by atoms with Gasteiger partial charge in [0.2, 0.25) is 0 Å². The van der Waals surface area contributed by atoms with Crippen LogP contribution < -0.4 is 79.5 Å². The normalized spacial score (nSPS) is 11.3. The number of phenols is 2. The van der Waals surface area contributed by atoms with Gasteiger partial charge in [-0.2, -0.15) is 0 Å². The molecular formula is C6H6Na2O8P2. The topological polar surface area (TPSA) is 161 Å². The molecule has 0 aliphatic carbocycles. The summed E-state index contributed by atoms with van der Waals surface area (Å²) in [6, 6.07) is 0.811. The summed E-state index contributed by atoms with van der Waals surface area (Å²) in [5, 5.41) is 15.9. The van der Waals surface area contributed by atoms with Crippen molar-refractivity contribution in [2.24, 2.45) is 0 Å². The van der Waals surface area contributed by atoms with Gasteiger partial charge in [-0.3, -0.25) is 4.57 Å². The van der Waals surface area contributed by atoms with Crippen molar-refractivity contribution < 1.29 is 98.0 Å². The van der Waals surface area contributed by atoms with Gasteiger partial charge >= 0.3 is 66.7 Å². The number of hydrogen-bond donors (Lipinski definition) is 4. The van der Waals surface area contributed by atoms with Crippen LogP contribution in [0.4, 0.5) is 0 Å². The number of aromatic hydroxyl groups is 2. The molecule has 0 spiro atoms. The van der Waals surface area contributed by atoms with Crippen LogP contribution in [0.25, 0.3) is 0 Å². The average molecular weight is 314 g/mol. The van der Waals surface area contributed by atoms with Crippen molar-refractivity contribution in [1.82, 2.24) is 0 Å². The maximum absolute atomic E-state index is 10.8. The van der Waals surface area contributed by atoms with Crippen molar-refractivity contribution >= 4 is 25.8 Å². The number of rotatable bonds is 2. The quantitative estimate of drug-likeness (QED) is 0.238. The van der Waals surface area contributed by atoms with Gasteiger partial charge in [0.1, 0.15) is 0 Å². The molecule has 0 saturated carbocycles. The molecule has 12 heteroatoms. The van der Waals surface area contributed by atoms with Crippen molar-refractivity contribution in [1.29, 1.82) is 0 Å². The second-order valence-electron chi connectivity index (χ2n) is 2.87.